The molecule has 0 aliphatic carbocycles. The maximum Gasteiger partial charge on any atom is 0.252 e. The highest BCUT2D eigenvalue weighted by molar-refractivity contribution is 5.43. The Morgan fingerprint density at radius 2 is 2.29 bits per heavy atom. The number of nitrogens with zero attached hydrogens (tertiary/aromatic N) is 2. The first-order valence-electron chi connectivity index (χ1n) is 4.56. The third kappa shape index (κ3) is 2.60. The largest absolute Gasteiger partial charge is 0.392 e. The molecule has 0 aliphatic heterocycles. The van der Waals surface area contributed by atoms with Crippen molar-refractivity contribution in [2.24, 2.45) is 7.05 Å². The second-order valence-electron chi connectivity index (χ2n) is 3.56. The molecule has 1 unspecified atom stereocenters. The molecule has 1 aromatic heterocycles. The summed E-state index contributed by atoms with van der Waals surface area (Å²) >= 11 is 0. The van der Waals surface area contributed by atoms with Gasteiger partial charge in [-0.2, -0.15) is 0 Å². The Balaban J connectivity index is 2.86. The number of anilines is 1. The van der Waals surface area contributed by atoms with Crippen molar-refractivity contribution in [3.8, 4) is 0 Å². The molecule has 1 heterocycles. The van der Waals surface area contributed by atoms with E-state index in [1.54, 1.807) is 26.2 Å². The van der Waals surface area contributed by atoms with E-state index >= 15 is 0 Å². The molecule has 0 aromatic carbocycles. The maximum atomic E-state index is 11.3. The normalized spacial score (nSPS) is 12.6. The van der Waals surface area contributed by atoms with Crippen molar-refractivity contribution >= 4 is 5.69 Å². The number of aromatic nitrogens is 1. The zero-order chi connectivity index (χ0) is 10.7. The number of likely N-dealkylation sites (N-methyl/N-ethyl adjacent to an activating group) is 1. The number of hydrogen-bond donors (Lipinski definition) is 1. The molecule has 0 radical (unpaired) electrons. The van der Waals surface area contributed by atoms with Gasteiger partial charge in [0.25, 0.3) is 5.56 Å². The van der Waals surface area contributed by atoms with Gasteiger partial charge in [0.15, 0.2) is 0 Å². The minimum atomic E-state index is -0.399. The number of aliphatic hydroxyl groups excluding tert-OH is 1. The number of aliphatic hydroxyl groups is 1. The molecule has 1 atom stereocenters. The fourth-order valence-corrected chi connectivity index (χ4v) is 1.28. The Morgan fingerprint density at radius 1 is 1.64 bits per heavy atom. The predicted octanol–water partition coefficient (Wildman–Crippen LogP) is 0.202. The molecule has 1 rings (SSSR count). The van der Waals surface area contributed by atoms with Crippen LogP contribution in [-0.2, 0) is 7.05 Å². The number of rotatable bonds is 3. The lowest BCUT2D eigenvalue weighted by molar-refractivity contribution is 0.201. The molecule has 0 spiro atoms. The van der Waals surface area contributed by atoms with Crippen molar-refractivity contribution in [1.82, 2.24) is 4.57 Å². The SMILES string of the molecule is CC(O)CN(C)c1ccn(C)c(=O)c1. The highest BCUT2D eigenvalue weighted by atomic mass is 16.3. The van der Waals surface area contributed by atoms with Crippen LogP contribution in [0.3, 0.4) is 0 Å². The smallest absolute Gasteiger partial charge is 0.252 e. The maximum absolute atomic E-state index is 11.3. The van der Waals surface area contributed by atoms with Gasteiger partial charge in [-0.1, -0.05) is 0 Å². The second kappa shape index (κ2) is 4.28. The van der Waals surface area contributed by atoms with E-state index < -0.39 is 6.10 Å². The zero-order valence-corrected chi connectivity index (χ0v) is 8.77. The number of hydrogen-bond acceptors (Lipinski definition) is 3. The molecule has 4 heteroatoms. The van der Waals surface area contributed by atoms with Crippen molar-refractivity contribution in [3.05, 3.63) is 28.7 Å². The molecule has 0 bridgehead atoms. The van der Waals surface area contributed by atoms with E-state index in [-0.39, 0.29) is 5.56 Å². The summed E-state index contributed by atoms with van der Waals surface area (Å²) in [6.45, 7) is 2.24. The summed E-state index contributed by atoms with van der Waals surface area (Å²) in [4.78, 5) is 13.2. The summed E-state index contributed by atoms with van der Waals surface area (Å²) < 4.78 is 1.51. The van der Waals surface area contributed by atoms with Crippen molar-refractivity contribution < 1.29 is 5.11 Å². The first kappa shape index (κ1) is 10.8. The summed E-state index contributed by atoms with van der Waals surface area (Å²) in [6.07, 6.45) is 1.32. The predicted molar refractivity (Wildman–Crippen MR) is 56.6 cm³/mol. The third-order valence-corrected chi connectivity index (χ3v) is 2.07. The Labute approximate surface area is 83.4 Å². The highest BCUT2D eigenvalue weighted by Gasteiger charge is 2.04. The third-order valence-electron chi connectivity index (χ3n) is 2.07. The van der Waals surface area contributed by atoms with Gasteiger partial charge in [-0.15, -0.1) is 0 Å². The number of aryl methyl sites for hydroxylation is 1. The fraction of sp³-hybridized carbons (Fsp3) is 0.500. The van der Waals surface area contributed by atoms with Gasteiger partial charge in [0.1, 0.15) is 0 Å². The van der Waals surface area contributed by atoms with E-state index in [9.17, 15) is 9.90 Å². The van der Waals surface area contributed by atoms with Gasteiger partial charge in [-0.3, -0.25) is 4.79 Å². The van der Waals surface area contributed by atoms with Crippen molar-refractivity contribution in [3.63, 3.8) is 0 Å². The van der Waals surface area contributed by atoms with Crippen molar-refractivity contribution in [2.45, 2.75) is 13.0 Å². The quantitative estimate of drug-likeness (QED) is 0.751. The van der Waals surface area contributed by atoms with Crippen molar-refractivity contribution in [2.75, 3.05) is 18.5 Å². The second-order valence-corrected chi connectivity index (χ2v) is 3.56. The molecular weight excluding hydrogens is 180 g/mol. The van der Waals surface area contributed by atoms with Crippen LogP contribution in [0, 0.1) is 0 Å². The van der Waals surface area contributed by atoms with Gasteiger partial charge in [-0.25, -0.2) is 0 Å². The van der Waals surface area contributed by atoms with Crippen LogP contribution in [0.15, 0.2) is 23.1 Å². The number of pyridine rings is 1. The van der Waals surface area contributed by atoms with Crippen LogP contribution in [-0.4, -0.2) is 29.4 Å². The van der Waals surface area contributed by atoms with E-state index in [4.69, 9.17) is 0 Å². The van der Waals surface area contributed by atoms with Crippen LogP contribution < -0.4 is 10.5 Å². The van der Waals surface area contributed by atoms with Gasteiger partial charge in [0.05, 0.1) is 6.10 Å². The minimum absolute atomic E-state index is 0.0417. The van der Waals surface area contributed by atoms with Crippen LogP contribution in [0.25, 0.3) is 0 Å². The van der Waals surface area contributed by atoms with Crippen LogP contribution in [0.2, 0.25) is 0 Å². The summed E-state index contributed by atoms with van der Waals surface area (Å²) in [5.74, 6) is 0. The Morgan fingerprint density at radius 3 is 2.79 bits per heavy atom. The Hall–Kier alpha value is -1.29. The summed E-state index contributed by atoms with van der Waals surface area (Å²) in [5.41, 5.74) is 0.786. The van der Waals surface area contributed by atoms with Gasteiger partial charge >= 0.3 is 0 Å². The summed E-state index contributed by atoms with van der Waals surface area (Å²) in [5, 5.41) is 9.18. The first-order chi connectivity index (χ1) is 6.50. The fourth-order valence-electron chi connectivity index (χ4n) is 1.28. The molecule has 0 aliphatic rings. The van der Waals surface area contributed by atoms with E-state index in [0.717, 1.165) is 5.69 Å². The monoisotopic (exact) mass is 196 g/mol. The minimum Gasteiger partial charge on any atom is -0.392 e. The van der Waals surface area contributed by atoms with Crippen LogP contribution in [0.5, 0.6) is 0 Å². The van der Waals surface area contributed by atoms with Crippen LogP contribution in [0.1, 0.15) is 6.92 Å². The van der Waals surface area contributed by atoms with Gasteiger partial charge < -0.3 is 14.6 Å². The molecule has 4 nitrogen and oxygen atoms in total. The molecule has 0 saturated heterocycles. The average molecular weight is 196 g/mol. The lowest BCUT2D eigenvalue weighted by Gasteiger charge is -2.20. The summed E-state index contributed by atoms with van der Waals surface area (Å²) in [7, 11) is 3.56. The molecule has 0 amide bonds. The van der Waals surface area contributed by atoms with E-state index in [1.165, 1.54) is 4.57 Å². The molecule has 1 N–H and O–H groups in total. The zero-order valence-electron chi connectivity index (χ0n) is 8.77. The topological polar surface area (TPSA) is 45.5 Å². The van der Waals surface area contributed by atoms with Gasteiger partial charge in [0, 0.05) is 38.6 Å². The standard InChI is InChI=1S/C10H16N2O2/c1-8(13)7-12(3)9-4-5-11(2)10(14)6-9/h4-6,8,13H,7H2,1-3H3. The Bertz CT molecular complexity index is 357. The average Bonchev–Trinajstić information content (AvgIpc) is 2.08. The first-order valence-corrected chi connectivity index (χ1v) is 4.56. The molecule has 14 heavy (non-hydrogen) atoms. The van der Waals surface area contributed by atoms with Crippen LogP contribution >= 0.6 is 0 Å². The lowest BCUT2D eigenvalue weighted by Crippen LogP contribution is -2.28. The Kier molecular flexibility index (Phi) is 3.30. The van der Waals surface area contributed by atoms with Gasteiger partial charge in [-0.05, 0) is 13.0 Å². The van der Waals surface area contributed by atoms with Gasteiger partial charge in [0.2, 0.25) is 0 Å². The molecule has 0 fully saturated rings. The summed E-state index contributed by atoms with van der Waals surface area (Å²) in [6, 6.07) is 3.41. The van der Waals surface area contributed by atoms with Crippen LogP contribution in [0.4, 0.5) is 5.69 Å². The molecule has 1 aromatic rings. The van der Waals surface area contributed by atoms with E-state index in [1.807, 2.05) is 18.0 Å². The van der Waals surface area contributed by atoms with E-state index in [0.29, 0.717) is 6.54 Å². The lowest BCUT2D eigenvalue weighted by atomic mass is 10.3. The highest BCUT2D eigenvalue weighted by Crippen LogP contribution is 2.08. The van der Waals surface area contributed by atoms with E-state index in [2.05, 4.69) is 0 Å². The molecule has 0 saturated carbocycles. The molecule has 78 valence electrons. The molecular formula is C10H16N2O2. The van der Waals surface area contributed by atoms with Crippen molar-refractivity contribution in [1.29, 1.82) is 0 Å².